The monoisotopic (exact) mass is 287 g/mol. The number of carbonyl (C=O) groups is 2. The number of Topliss-reactive ketones (excluding diaryl/α,β-unsaturated/α-hetero) is 1. The molecular formula is C18H25NO2. The second kappa shape index (κ2) is 7.96. The summed E-state index contributed by atoms with van der Waals surface area (Å²) < 4.78 is 0. The molecule has 0 radical (unpaired) electrons. The molecule has 0 bridgehead atoms. The van der Waals surface area contributed by atoms with Gasteiger partial charge in [-0.3, -0.25) is 4.79 Å². The molecule has 1 aromatic carbocycles. The summed E-state index contributed by atoms with van der Waals surface area (Å²) in [4.78, 5) is 25.7. The predicted octanol–water partition coefficient (Wildman–Crippen LogP) is 4.11. The minimum absolute atomic E-state index is 0.159. The van der Waals surface area contributed by atoms with Gasteiger partial charge in [0.25, 0.3) is 0 Å². The molecule has 0 aliphatic heterocycles. The molecule has 1 aliphatic rings. The van der Waals surface area contributed by atoms with Crippen LogP contribution in [0.2, 0.25) is 0 Å². The Morgan fingerprint density at radius 1 is 1.05 bits per heavy atom. The van der Waals surface area contributed by atoms with Gasteiger partial charge >= 0.3 is 0 Å². The first-order valence-corrected chi connectivity index (χ1v) is 8.05. The largest absolute Gasteiger partial charge is 0.309 e. The average molecular weight is 287 g/mol. The van der Waals surface area contributed by atoms with E-state index in [9.17, 15) is 9.59 Å². The number of amides is 1. The van der Waals surface area contributed by atoms with Crippen LogP contribution in [-0.4, -0.2) is 17.7 Å². The van der Waals surface area contributed by atoms with Crippen molar-refractivity contribution in [2.75, 3.05) is 4.90 Å². The van der Waals surface area contributed by atoms with Crippen molar-refractivity contribution in [3.8, 4) is 0 Å². The summed E-state index contributed by atoms with van der Waals surface area (Å²) in [6, 6.07) is 10.3. The van der Waals surface area contributed by atoms with Crippen molar-refractivity contribution < 1.29 is 9.59 Å². The second-order valence-electron chi connectivity index (χ2n) is 5.95. The Morgan fingerprint density at radius 2 is 1.71 bits per heavy atom. The average Bonchev–Trinajstić information content (AvgIpc) is 2.49. The van der Waals surface area contributed by atoms with Crippen LogP contribution in [0.5, 0.6) is 0 Å². The van der Waals surface area contributed by atoms with E-state index < -0.39 is 0 Å². The van der Waals surface area contributed by atoms with Crippen LogP contribution in [0.3, 0.4) is 0 Å². The number of ketones is 1. The maximum absolute atomic E-state index is 12.6. The van der Waals surface area contributed by atoms with Gasteiger partial charge in [0.05, 0.1) is 0 Å². The number of anilines is 1. The number of hydrogen-bond donors (Lipinski definition) is 0. The Hall–Kier alpha value is -1.64. The summed E-state index contributed by atoms with van der Waals surface area (Å²) in [6.45, 7) is 1.58. The lowest BCUT2D eigenvalue weighted by Crippen LogP contribution is -2.41. The molecule has 1 amide bonds. The van der Waals surface area contributed by atoms with Gasteiger partial charge in [-0.15, -0.1) is 0 Å². The highest BCUT2D eigenvalue weighted by Crippen LogP contribution is 2.28. The number of benzene rings is 1. The quantitative estimate of drug-likeness (QED) is 0.789. The van der Waals surface area contributed by atoms with E-state index >= 15 is 0 Å². The Morgan fingerprint density at radius 3 is 2.33 bits per heavy atom. The van der Waals surface area contributed by atoms with Crippen LogP contribution in [-0.2, 0) is 9.59 Å². The highest BCUT2D eigenvalue weighted by atomic mass is 16.2. The fourth-order valence-corrected chi connectivity index (χ4v) is 3.10. The maximum Gasteiger partial charge on any atom is 0.227 e. The van der Waals surface area contributed by atoms with Gasteiger partial charge in [-0.05, 0) is 38.3 Å². The van der Waals surface area contributed by atoms with Crippen molar-refractivity contribution in [1.82, 2.24) is 0 Å². The molecule has 1 fully saturated rings. The van der Waals surface area contributed by atoms with Crippen molar-refractivity contribution >= 4 is 17.4 Å². The molecule has 0 aromatic heterocycles. The number of rotatable bonds is 6. The molecule has 0 unspecified atom stereocenters. The molecule has 1 aliphatic carbocycles. The zero-order valence-electron chi connectivity index (χ0n) is 12.9. The number of hydrogen-bond acceptors (Lipinski definition) is 2. The lowest BCUT2D eigenvalue weighted by molar-refractivity contribution is -0.119. The first kappa shape index (κ1) is 15.7. The lowest BCUT2D eigenvalue weighted by atomic mass is 9.93. The van der Waals surface area contributed by atoms with Crippen molar-refractivity contribution in [3.63, 3.8) is 0 Å². The molecule has 0 heterocycles. The molecule has 3 heteroatoms. The molecular weight excluding hydrogens is 262 g/mol. The summed E-state index contributed by atoms with van der Waals surface area (Å²) in [6.07, 6.45) is 7.48. The van der Waals surface area contributed by atoms with Crippen molar-refractivity contribution in [3.05, 3.63) is 30.3 Å². The standard InChI is InChI=1S/C18H25NO2/c1-15(20)9-8-14-18(21)19(16-10-4-2-5-11-16)17-12-6-3-7-13-17/h2,4-5,10-11,17H,3,6-9,12-14H2,1H3. The minimum atomic E-state index is 0.159. The molecule has 3 nitrogen and oxygen atoms in total. The second-order valence-corrected chi connectivity index (χ2v) is 5.95. The molecule has 2 rings (SSSR count). The topological polar surface area (TPSA) is 37.4 Å². The Labute approximate surface area is 127 Å². The molecule has 114 valence electrons. The van der Waals surface area contributed by atoms with E-state index in [0.29, 0.717) is 25.3 Å². The fourth-order valence-electron chi connectivity index (χ4n) is 3.10. The van der Waals surface area contributed by atoms with Gasteiger partial charge in [0.2, 0.25) is 5.91 Å². The van der Waals surface area contributed by atoms with Crippen LogP contribution in [0.25, 0.3) is 0 Å². The normalized spacial score (nSPS) is 15.7. The van der Waals surface area contributed by atoms with E-state index in [1.54, 1.807) is 6.92 Å². The molecule has 0 spiro atoms. The van der Waals surface area contributed by atoms with Crippen molar-refractivity contribution in [1.29, 1.82) is 0 Å². The minimum Gasteiger partial charge on any atom is -0.309 e. The van der Waals surface area contributed by atoms with Crippen molar-refractivity contribution in [2.24, 2.45) is 0 Å². The van der Waals surface area contributed by atoms with Gasteiger partial charge in [-0.2, -0.15) is 0 Å². The highest BCUT2D eigenvalue weighted by Gasteiger charge is 2.26. The molecule has 1 aromatic rings. The number of nitrogens with zero attached hydrogens (tertiary/aromatic N) is 1. The first-order chi connectivity index (χ1) is 10.2. The van der Waals surface area contributed by atoms with Gasteiger partial charge in [0, 0.05) is 24.6 Å². The fraction of sp³-hybridized carbons (Fsp3) is 0.556. The van der Waals surface area contributed by atoms with Gasteiger partial charge < -0.3 is 9.69 Å². The van der Waals surface area contributed by atoms with E-state index in [1.165, 1.54) is 19.3 Å². The molecule has 21 heavy (non-hydrogen) atoms. The lowest BCUT2D eigenvalue weighted by Gasteiger charge is -2.34. The summed E-state index contributed by atoms with van der Waals surface area (Å²) in [5.74, 6) is 0.320. The Kier molecular flexibility index (Phi) is 5.97. The number of para-hydroxylation sites is 1. The van der Waals surface area contributed by atoms with Crippen LogP contribution in [0, 0.1) is 0 Å². The molecule has 1 saturated carbocycles. The zero-order valence-corrected chi connectivity index (χ0v) is 12.9. The van der Waals surface area contributed by atoms with E-state index in [1.807, 2.05) is 35.2 Å². The summed E-state index contributed by atoms with van der Waals surface area (Å²) in [7, 11) is 0. The third-order valence-corrected chi connectivity index (χ3v) is 4.16. The van der Waals surface area contributed by atoms with Crippen LogP contribution in [0.4, 0.5) is 5.69 Å². The van der Waals surface area contributed by atoms with E-state index in [-0.39, 0.29) is 11.7 Å². The van der Waals surface area contributed by atoms with Crippen LogP contribution in [0.1, 0.15) is 58.3 Å². The third kappa shape index (κ3) is 4.69. The Bertz CT molecular complexity index is 463. The van der Waals surface area contributed by atoms with Gasteiger partial charge in [-0.1, -0.05) is 37.5 Å². The molecule has 0 N–H and O–H groups in total. The van der Waals surface area contributed by atoms with Crippen LogP contribution < -0.4 is 4.90 Å². The summed E-state index contributed by atoms with van der Waals surface area (Å²) in [5.41, 5.74) is 0.997. The summed E-state index contributed by atoms with van der Waals surface area (Å²) >= 11 is 0. The van der Waals surface area contributed by atoms with Crippen LogP contribution >= 0.6 is 0 Å². The Balaban J connectivity index is 2.07. The number of carbonyl (C=O) groups excluding carboxylic acids is 2. The van der Waals surface area contributed by atoms with E-state index in [2.05, 4.69) is 0 Å². The SMILES string of the molecule is CC(=O)CCCC(=O)N(c1ccccc1)C1CCCCC1. The van der Waals surface area contributed by atoms with Gasteiger partial charge in [0.1, 0.15) is 5.78 Å². The van der Waals surface area contributed by atoms with Gasteiger partial charge in [-0.25, -0.2) is 0 Å². The van der Waals surface area contributed by atoms with Crippen LogP contribution in [0.15, 0.2) is 30.3 Å². The van der Waals surface area contributed by atoms with E-state index in [4.69, 9.17) is 0 Å². The smallest absolute Gasteiger partial charge is 0.227 e. The maximum atomic E-state index is 12.6. The zero-order chi connectivity index (χ0) is 15.1. The molecule has 0 atom stereocenters. The highest BCUT2D eigenvalue weighted by molar-refractivity contribution is 5.94. The summed E-state index contributed by atoms with van der Waals surface area (Å²) in [5, 5.41) is 0. The predicted molar refractivity (Wildman–Crippen MR) is 85.3 cm³/mol. The van der Waals surface area contributed by atoms with Gasteiger partial charge in [0.15, 0.2) is 0 Å². The molecule has 0 saturated heterocycles. The first-order valence-electron chi connectivity index (χ1n) is 8.05. The van der Waals surface area contributed by atoms with Crippen molar-refractivity contribution in [2.45, 2.75) is 64.3 Å². The third-order valence-electron chi connectivity index (χ3n) is 4.16. The van der Waals surface area contributed by atoms with E-state index in [0.717, 1.165) is 18.5 Å².